The second-order valence-electron chi connectivity index (χ2n) is 15.8. The first kappa shape index (κ1) is 39.8. The third-order valence-corrected chi connectivity index (χ3v) is 11.7. The molecular weight excluding hydrogens is 723 g/mol. The number of pyridine rings is 1. The predicted octanol–water partition coefficient (Wildman–Crippen LogP) is 5.73. The summed E-state index contributed by atoms with van der Waals surface area (Å²) in [6, 6.07) is 4.68. The van der Waals surface area contributed by atoms with Gasteiger partial charge in [-0.15, -0.1) is 11.3 Å². The summed E-state index contributed by atoms with van der Waals surface area (Å²) in [5, 5.41) is 25.6. The molecule has 6 atom stereocenters. The number of hydrogen-bond acceptors (Lipinski definition) is 10. The van der Waals surface area contributed by atoms with Gasteiger partial charge in [0.05, 0.1) is 24.9 Å². The maximum absolute atomic E-state index is 14.6. The lowest BCUT2D eigenvalue weighted by molar-refractivity contribution is -0.145. The molecular formula is C40H53N7O7S. The number of benzene rings is 1. The highest BCUT2D eigenvalue weighted by atomic mass is 32.1. The van der Waals surface area contributed by atoms with Crippen LogP contribution >= 0.6 is 11.3 Å². The minimum absolute atomic E-state index is 0.0368. The number of aromatic nitrogens is 2. The molecule has 55 heavy (non-hydrogen) atoms. The average molecular weight is 776 g/mol. The standard InChI is InChI=1S/C40H53N7O7S/c1-7-41-38-45-31(22-55-38)30-19-33(27-16-15-25(53-6)17-29(27)43-30)54-26-18-32-34(48)46-40(36(50)51)20-24(40)13-11-9-8-10-12-14-28(35(49)47(32)21-26)44-37(52)42-23(2)39(3,4)5/h11,13,15-17,19,22-24,26,28,32H,7-10,12,14,18,20-21H2,1-6H3,(H,41,45)(H,46,48)(H,50,51)(H2,42,44,52)/b13-11-/t23-,24?,26-,28+,32+,40?/m1/s1. The fourth-order valence-corrected chi connectivity index (χ4v) is 7.87. The van der Waals surface area contributed by atoms with Gasteiger partial charge >= 0.3 is 12.0 Å². The van der Waals surface area contributed by atoms with E-state index in [1.165, 1.54) is 16.2 Å². The van der Waals surface area contributed by atoms with Crippen LogP contribution in [0.3, 0.4) is 0 Å². The SMILES string of the molecule is CCNc1nc(-c2cc(O[C@@H]3C[C@H]4C(=O)NC5(C(=O)O)CC5/C=C\CCCCC[C@H](NC(=O)N[C@H](C)C(C)(C)C)C(=O)N4C3)c3ccc(OC)cc3n2)cs1. The largest absolute Gasteiger partial charge is 0.497 e. The number of allylic oxidation sites excluding steroid dienone is 1. The number of fused-ring (bicyclic) bond motifs is 3. The van der Waals surface area contributed by atoms with Gasteiger partial charge in [0.25, 0.3) is 0 Å². The zero-order valence-corrected chi connectivity index (χ0v) is 33.3. The molecule has 6 rings (SSSR count). The lowest BCUT2D eigenvalue weighted by Gasteiger charge is -2.31. The van der Waals surface area contributed by atoms with E-state index < -0.39 is 47.5 Å². The zero-order chi connectivity index (χ0) is 39.5. The minimum atomic E-state index is -1.45. The quantitative estimate of drug-likeness (QED) is 0.168. The second-order valence-corrected chi connectivity index (χ2v) is 16.7. The number of methoxy groups -OCH3 is 1. The maximum Gasteiger partial charge on any atom is 0.330 e. The van der Waals surface area contributed by atoms with Gasteiger partial charge < -0.3 is 40.7 Å². The molecule has 15 heteroatoms. The Labute approximate surface area is 325 Å². The van der Waals surface area contributed by atoms with Gasteiger partial charge in [0.15, 0.2) is 5.13 Å². The number of nitrogens with one attached hydrogen (secondary N) is 4. The molecule has 14 nitrogen and oxygen atoms in total. The van der Waals surface area contributed by atoms with Gasteiger partial charge in [0.2, 0.25) is 11.8 Å². The van der Waals surface area contributed by atoms with Gasteiger partial charge in [-0.1, -0.05) is 45.8 Å². The second kappa shape index (κ2) is 16.4. The van der Waals surface area contributed by atoms with Gasteiger partial charge in [-0.25, -0.2) is 19.6 Å². The number of rotatable bonds is 9. The number of urea groups is 1. The highest BCUT2D eigenvalue weighted by molar-refractivity contribution is 7.14. The molecule has 2 aliphatic heterocycles. The number of aliphatic carboxylic acids is 1. The number of hydrogen-bond donors (Lipinski definition) is 5. The van der Waals surface area contributed by atoms with Crippen molar-refractivity contribution >= 4 is 51.2 Å². The number of nitrogens with zero attached hydrogens (tertiary/aromatic N) is 3. The molecule has 5 N–H and O–H groups in total. The molecule has 3 aliphatic rings. The van der Waals surface area contributed by atoms with E-state index in [2.05, 4.69) is 21.3 Å². The van der Waals surface area contributed by atoms with Crippen LogP contribution in [0.4, 0.5) is 9.93 Å². The molecule has 1 saturated heterocycles. The van der Waals surface area contributed by atoms with Crippen molar-refractivity contribution in [1.82, 2.24) is 30.8 Å². The number of carbonyl (C=O) groups excluding carboxylic acids is 3. The lowest BCUT2D eigenvalue weighted by atomic mass is 9.88. The van der Waals surface area contributed by atoms with Crippen molar-refractivity contribution in [3.05, 3.63) is 41.8 Å². The Kier molecular flexibility index (Phi) is 11.9. The fraction of sp³-hybridized carbons (Fsp3) is 0.550. The Balaban J connectivity index is 1.33. The van der Waals surface area contributed by atoms with Crippen molar-refractivity contribution in [2.24, 2.45) is 11.3 Å². The molecule has 296 valence electrons. The molecule has 4 heterocycles. The van der Waals surface area contributed by atoms with Gasteiger partial charge in [-0.3, -0.25) is 9.59 Å². The van der Waals surface area contributed by atoms with Crippen LogP contribution in [0.25, 0.3) is 22.3 Å². The van der Waals surface area contributed by atoms with Crippen molar-refractivity contribution in [2.75, 3.05) is 25.5 Å². The van der Waals surface area contributed by atoms with Crippen molar-refractivity contribution in [1.29, 1.82) is 0 Å². The van der Waals surface area contributed by atoms with Gasteiger partial charge in [-0.2, -0.15) is 0 Å². The van der Waals surface area contributed by atoms with E-state index in [-0.39, 0.29) is 36.8 Å². The molecule has 1 saturated carbocycles. The lowest BCUT2D eigenvalue weighted by Crippen LogP contribution is -2.58. The molecule has 0 bridgehead atoms. The fourth-order valence-electron chi connectivity index (χ4n) is 7.10. The van der Waals surface area contributed by atoms with Crippen molar-refractivity contribution in [3.8, 4) is 22.9 Å². The van der Waals surface area contributed by atoms with Gasteiger partial charge in [0, 0.05) is 47.8 Å². The van der Waals surface area contributed by atoms with Crippen LogP contribution in [0, 0.1) is 11.3 Å². The molecule has 0 spiro atoms. The van der Waals surface area contributed by atoms with E-state index in [1.807, 2.05) is 76.4 Å². The summed E-state index contributed by atoms with van der Waals surface area (Å²) in [5.74, 6) is -1.35. The summed E-state index contributed by atoms with van der Waals surface area (Å²) in [7, 11) is 1.58. The number of carboxylic acid groups (broad SMARTS) is 1. The molecule has 2 aromatic heterocycles. The monoisotopic (exact) mass is 775 g/mol. The Morgan fingerprint density at radius 1 is 1.15 bits per heavy atom. The highest BCUT2D eigenvalue weighted by Crippen LogP contribution is 2.45. The number of thiazole rings is 1. The number of ether oxygens (including phenoxy) is 2. The van der Waals surface area contributed by atoms with Crippen LogP contribution in [0.5, 0.6) is 11.5 Å². The van der Waals surface area contributed by atoms with E-state index in [0.717, 1.165) is 30.9 Å². The predicted molar refractivity (Wildman–Crippen MR) is 211 cm³/mol. The van der Waals surface area contributed by atoms with Crippen molar-refractivity contribution < 1.29 is 33.8 Å². The topological polar surface area (TPSA) is 184 Å². The minimum Gasteiger partial charge on any atom is -0.497 e. The van der Waals surface area contributed by atoms with Gasteiger partial charge in [-0.05, 0) is 57.1 Å². The van der Waals surface area contributed by atoms with Crippen LogP contribution in [0.2, 0.25) is 0 Å². The summed E-state index contributed by atoms with van der Waals surface area (Å²) in [6.07, 6.45) is 7.03. The Bertz CT molecular complexity index is 1940. The number of carbonyl (C=O) groups is 4. The Hall–Kier alpha value is -4.92. The number of amides is 4. The van der Waals surface area contributed by atoms with E-state index in [1.54, 1.807) is 7.11 Å². The van der Waals surface area contributed by atoms with Crippen LogP contribution in [-0.2, 0) is 14.4 Å². The Morgan fingerprint density at radius 2 is 1.95 bits per heavy atom. The zero-order valence-electron chi connectivity index (χ0n) is 32.4. The molecule has 2 unspecified atom stereocenters. The molecule has 4 amide bonds. The molecule has 0 radical (unpaired) electrons. The number of anilines is 1. The highest BCUT2D eigenvalue weighted by Gasteiger charge is 2.61. The van der Waals surface area contributed by atoms with Crippen LogP contribution in [-0.4, -0.2) is 93.8 Å². The summed E-state index contributed by atoms with van der Waals surface area (Å²) in [6.45, 7) is 10.7. The third kappa shape index (κ3) is 8.98. The summed E-state index contributed by atoms with van der Waals surface area (Å²) in [4.78, 5) is 65.7. The molecule has 1 aliphatic carbocycles. The molecule has 3 aromatic rings. The first-order valence-electron chi connectivity index (χ1n) is 19.2. The van der Waals surface area contributed by atoms with E-state index in [4.69, 9.17) is 19.4 Å². The van der Waals surface area contributed by atoms with Crippen LogP contribution in [0.15, 0.2) is 41.8 Å². The van der Waals surface area contributed by atoms with Crippen LogP contribution < -0.4 is 30.7 Å². The van der Waals surface area contributed by atoms with E-state index in [0.29, 0.717) is 46.6 Å². The smallest absolute Gasteiger partial charge is 0.330 e. The van der Waals surface area contributed by atoms with E-state index in [9.17, 15) is 24.3 Å². The van der Waals surface area contributed by atoms with Crippen LogP contribution in [0.1, 0.15) is 79.6 Å². The average Bonchev–Trinajstić information content (AvgIpc) is 3.42. The third-order valence-electron chi connectivity index (χ3n) is 10.9. The van der Waals surface area contributed by atoms with E-state index >= 15 is 0 Å². The van der Waals surface area contributed by atoms with Crippen molar-refractivity contribution in [2.45, 2.75) is 109 Å². The molecule has 1 aromatic carbocycles. The summed E-state index contributed by atoms with van der Waals surface area (Å²) in [5.41, 5.74) is 0.188. The first-order chi connectivity index (χ1) is 26.2. The Morgan fingerprint density at radius 3 is 2.67 bits per heavy atom. The summed E-state index contributed by atoms with van der Waals surface area (Å²) >= 11 is 1.47. The first-order valence-corrected chi connectivity index (χ1v) is 20.0. The number of carboxylic acids is 1. The normalized spacial score (nSPS) is 25.7. The van der Waals surface area contributed by atoms with Crippen molar-refractivity contribution in [3.63, 3.8) is 0 Å². The maximum atomic E-state index is 14.6. The van der Waals surface area contributed by atoms with Gasteiger partial charge in [0.1, 0.15) is 40.9 Å². The molecule has 2 fully saturated rings. The summed E-state index contributed by atoms with van der Waals surface area (Å²) < 4.78 is 12.2.